The second-order valence-electron chi connectivity index (χ2n) is 5.48. The van der Waals surface area contributed by atoms with Gasteiger partial charge in [0.1, 0.15) is 5.78 Å². The zero-order valence-corrected chi connectivity index (χ0v) is 11.8. The summed E-state index contributed by atoms with van der Waals surface area (Å²) in [5.41, 5.74) is 2.13. The van der Waals surface area contributed by atoms with Crippen molar-refractivity contribution in [2.45, 2.75) is 32.4 Å². The Morgan fingerprint density at radius 1 is 1.36 bits per heavy atom. The van der Waals surface area contributed by atoms with E-state index in [4.69, 9.17) is 0 Å². The van der Waals surface area contributed by atoms with Gasteiger partial charge in [0.05, 0.1) is 0 Å². The number of hydrogen-bond acceptors (Lipinski definition) is 4. The summed E-state index contributed by atoms with van der Waals surface area (Å²) in [6.45, 7) is 1.81. The number of carbonyl (C=O) groups excluding carboxylic acids is 1. The molecule has 0 radical (unpaired) electrons. The summed E-state index contributed by atoms with van der Waals surface area (Å²) >= 11 is 0. The van der Waals surface area contributed by atoms with E-state index < -0.39 is 12.1 Å². The highest BCUT2D eigenvalue weighted by atomic mass is 19.4. The van der Waals surface area contributed by atoms with Gasteiger partial charge in [0.25, 0.3) is 0 Å². The highest BCUT2D eigenvalue weighted by molar-refractivity contribution is 5.85. The summed E-state index contributed by atoms with van der Waals surface area (Å²) in [7, 11) is 0. The van der Waals surface area contributed by atoms with Crippen molar-refractivity contribution < 1.29 is 22.5 Å². The van der Waals surface area contributed by atoms with Gasteiger partial charge in [-0.15, -0.1) is 0 Å². The van der Waals surface area contributed by atoms with Crippen molar-refractivity contribution in [3.8, 4) is 11.4 Å². The van der Waals surface area contributed by atoms with Gasteiger partial charge in [-0.25, -0.2) is 0 Å². The first-order valence-corrected chi connectivity index (χ1v) is 6.88. The van der Waals surface area contributed by atoms with E-state index in [9.17, 15) is 18.0 Å². The Bertz CT molecular complexity index is 718. The number of hydrogen-bond donors (Lipinski definition) is 0. The molecule has 1 aliphatic rings. The van der Waals surface area contributed by atoms with Crippen LogP contribution in [0, 0.1) is 12.8 Å². The van der Waals surface area contributed by atoms with E-state index in [1.54, 1.807) is 18.2 Å². The number of benzene rings is 1. The van der Waals surface area contributed by atoms with E-state index >= 15 is 0 Å². The molecule has 0 atom stereocenters. The fourth-order valence-corrected chi connectivity index (χ4v) is 2.23. The van der Waals surface area contributed by atoms with Crippen LogP contribution in [-0.4, -0.2) is 15.9 Å². The molecule has 0 aliphatic heterocycles. The number of aryl methyl sites for hydroxylation is 1. The normalized spacial score (nSPS) is 15.1. The van der Waals surface area contributed by atoms with Crippen LogP contribution in [0.2, 0.25) is 0 Å². The first-order chi connectivity index (χ1) is 10.3. The van der Waals surface area contributed by atoms with Crippen LogP contribution in [0.1, 0.15) is 29.9 Å². The number of aromatic nitrogens is 2. The fraction of sp³-hybridized carbons (Fsp3) is 0.400. The summed E-state index contributed by atoms with van der Waals surface area (Å²) in [4.78, 5) is 15.2. The van der Waals surface area contributed by atoms with Crippen molar-refractivity contribution in [2.24, 2.45) is 5.92 Å². The Kier molecular flexibility index (Phi) is 3.50. The monoisotopic (exact) mass is 310 g/mol. The van der Waals surface area contributed by atoms with E-state index in [1.165, 1.54) is 0 Å². The third-order valence-corrected chi connectivity index (χ3v) is 3.67. The lowest BCUT2D eigenvalue weighted by Gasteiger charge is -2.06. The first kappa shape index (κ1) is 14.7. The minimum absolute atomic E-state index is 0.115. The minimum Gasteiger partial charge on any atom is -0.329 e. The summed E-state index contributed by atoms with van der Waals surface area (Å²) in [5.74, 6) is -1.08. The molecule has 7 heteroatoms. The molecule has 4 nitrogen and oxygen atoms in total. The highest BCUT2D eigenvalue weighted by Gasteiger charge is 2.38. The van der Waals surface area contributed by atoms with E-state index in [2.05, 4.69) is 14.7 Å². The van der Waals surface area contributed by atoms with Gasteiger partial charge in [0, 0.05) is 17.9 Å². The van der Waals surface area contributed by atoms with Gasteiger partial charge < -0.3 is 4.52 Å². The number of ketones is 1. The quantitative estimate of drug-likeness (QED) is 0.866. The number of carbonyl (C=O) groups is 1. The Balaban J connectivity index is 1.82. The van der Waals surface area contributed by atoms with Crippen LogP contribution in [0.15, 0.2) is 22.7 Å². The predicted molar refractivity (Wildman–Crippen MR) is 70.9 cm³/mol. The van der Waals surface area contributed by atoms with Crippen molar-refractivity contribution in [1.29, 1.82) is 0 Å². The molecule has 22 heavy (non-hydrogen) atoms. The van der Waals surface area contributed by atoms with Gasteiger partial charge in [-0.2, -0.15) is 18.2 Å². The van der Waals surface area contributed by atoms with Crippen LogP contribution >= 0.6 is 0 Å². The molecule has 1 heterocycles. The Morgan fingerprint density at radius 3 is 2.64 bits per heavy atom. The molecule has 2 aromatic rings. The van der Waals surface area contributed by atoms with Gasteiger partial charge >= 0.3 is 12.1 Å². The third-order valence-electron chi connectivity index (χ3n) is 3.67. The predicted octanol–water partition coefficient (Wildman–Crippen LogP) is 3.59. The molecule has 0 saturated heterocycles. The first-order valence-electron chi connectivity index (χ1n) is 6.88. The van der Waals surface area contributed by atoms with Crippen molar-refractivity contribution in [2.75, 3.05) is 0 Å². The standard InChI is InChI=1S/C15H13F3N2O2/c1-8-6-11(13-19-14(22-20-13)15(16,17)18)5-4-10(8)7-12(21)9-2-3-9/h4-6,9H,2-3,7H2,1H3. The molecule has 1 saturated carbocycles. The molecular weight excluding hydrogens is 297 g/mol. The smallest absolute Gasteiger partial charge is 0.329 e. The van der Waals surface area contributed by atoms with Crippen molar-refractivity contribution >= 4 is 5.78 Å². The van der Waals surface area contributed by atoms with E-state index in [1.807, 2.05) is 6.92 Å². The van der Waals surface area contributed by atoms with Gasteiger partial charge in [-0.3, -0.25) is 4.79 Å². The van der Waals surface area contributed by atoms with Crippen LogP contribution in [0.3, 0.4) is 0 Å². The lowest BCUT2D eigenvalue weighted by atomic mass is 9.99. The average Bonchev–Trinajstić information content (AvgIpc) is 3.16. The number of nitrogens with zero attached hydrogens (tertiary/aromatic N) is 2. The van der Waals surface area contributed by atoms with Crippen molar-refractivity contribution in [1.82, 2.24) is 10.1 Å². The highest BCUT2D eigenvalue weighted by Crippen LogP contribution is 2.32. The maximum Gasteiger partial charge on any atom is 0.471 e. The molecule has 1 aliphatic carbocycles. The molecule has 1 aromatic carbocycles. The molecule has 1 aromatic heterocycles. The Labute approximate surface area is 124 Å². The molecule has 0 bridgehead atoms. The summed E-state index contributed by atoms with van der Waals surface area (Å²) in [5, 5.41) is 3.35. The summed E-state index contributed by atoms with van der Waals surface area (Å²) in [6, 6.07) is 5.00. The number of Topliss-reactive ketones (excluding diaryl/α,β-unsaturated/α-hetero) is 1. The second-order valence-corrected chi connectivity index (χ2v) is 5.48. The van der Waals surface area contributed by atoms with E-state index in [-0.39, 0.29) is 17.5 Å². The van der Waals surface area contributed by atoms with Crippen LogP contribution in [-0.2, 0) is 17.4 Å². The summed E-state index contributed by atoms with van der Waals surface area (Å²) < 4.78 is 41.6. The van der Waals surface area contributed by atoms with Gasteiger partial charge in [-0.1, -0.05) is 17.3 Å². The molecule has 1 fully saturated rings. The largest absolute Gasteiger partial charge is 0.471 e. The Hall–Kier alpha value is -2.18. The molecule has 3 rings (SSSR count). The van der Waals surface area contributed by atoms with Crippen LogP contribution in [0.5, 0.6) is 0 Å². The number of rotatable bonds is 4. The molecule has 0 N–H and O–H groups in total. The number of halogens is 3. The third kappa shape index (κ3) is 3.03. The van der Waals surface area contributed by atoms with Crippen LogP contribution < -0.4 is 0 Å². The maximum absolute atomic E-state index is 12.5. The maximum atomic E-state index is 12.5. The summed E-state index contributed by atoms with van der Waals surface area (Å²) in [6.07, 6.45) is -2.38. The van der Waals surface area contributed by atoms with Gasteiger partial charge in [0.2, 0.25) is 5.82 Å². The van der Waals surface area contributed by atoms with Crippen molar-refractivity contribution in [3.63, 3.8) is 0 Å². The van der Waals surface area contributed by atoms with Gasteiger partial charge in [-0.05, 0) is 37.0 Å². The topological polar surface area (TPSA) is 56.0 Å². The van der Waals surface area contributed by atoms with Crippen molar-refractivity contribution in [3.05, 3.63) is 35.2 Å². The lowest BCUT2D eigenvalue weighted by Crippen LogP contribution is -2.06. The van der Waals surface area contributed by atoms with E-state index in [0.717, 1.165) is 24.0 Å². The molecular formula is C15H13F3N2O2. The molecule has 0 spiro atoms. The fourth-order valence-electron chi connectivity index (χ4n) is 2.23. The molecule has 0 amide bonds. The number of alkyl halides is 3. The molecule has 116 valence electrons. The zero-order valence-electron chi connectivity index (χ0n) is 11.8. The van der Waals surface area contributed by atoms with Crippen LogP contribution in [0.4, 0.5) is 13.2 Å². The average molecular weight is 310 g/mol. The molecule has 0 unspecified atom stereocenters. The lowest BCUT2D eigenvalue weighted by molar-refractivity contribution is -0.159. The Morgan fingerprint density at radius 2 is 2.09 bits per heavy atom. The SMILES string of the molecule is Cc1cc(-c2noc(C(F)(F)F)n2)ccc1CC(=O)C1CC1. The second kappa shape index (κ2) is 5.23. The zero-order chi connectivity index (χ0) is 15.9. The minimum atomic E-state index is -4.66. The van der Waals surface area contributed by atoms with E-state index in [0.29, 0.717) is 12.0 Å². The van der Waals surface area contributed by atoms with Gasteiger partial charge in [0.15, 0.2) is 0 Å². The van der Waals surface area contributed by atoms with Crippen LogP contribution in [0.25, 0.3) is 11.4 Å².